The van der Waals surface area contributed by atoms with Gasteiger partial charge in [0.1, 0.15) is 6.54 Å². The molecule has 3 nitrogen and oxygen atoms in total. The maximum atomic E-state index is 11.8. The molecule has 0 amide bonds. The fourth-order valence-electron chi connectivity index (χ4n) is 3.04. The molecule has 92 valence electrons. The summed E-state index contributed by atoms with van der Waals surface area (Å²) in [5.41, 5.74) is 1.24. The largest absolute Gasteiger partial charge is 1.00 e. The quantitative estimate of drug-likeness (QED) is 0.341. The molecule has 0 radical (unpaired) electrons. The van der Waals surface area contributed by atoms with E-state index in [0.717, 1.165) is 30.5 Å². The van der Waals surface area contributed by atoms with E-state index in [9.17, 15) is 4.79 Å². The second-order valence-electron chi connectivity index (χ2n) is 5.10. The molecule has 2 bridgehead atoms. The van der Waals surface area contributed by atoms with Crippen molar-refractivity contribution in [3.05, 3.63) is 12.2 Å². The zero-order valence-corrected chi connectivity index (χ0v) is 11.6. The van der Waals surface area contributed by atoms with Crippen LogP contribution < -0.4 is 17.0 Å². The van der Waals surface area contributed by atoms with Crippen LogP contribution in [0, 0.1) is 11.8 Å². The first kappa shape index (κ1) is 13.7. The minimum Gasteiger partial charge on any atom is -1.00 e. The Morgan fingerprint density at radius 2 is 2.31 bits per heavy atom. The molecule has 0 N–H and O–H groups in total. The van der Waals surface area contributed by atoms with Crippen LogP contribution in [-0.2, 0) is 9.53 Å². The monoisotopic (exact) mass is 289 g/mol. The number of hydrogen-bond acceptors (Lipinski definition) is 2. The Kier molecular flexibility index (Phi) is 4.18. The molecule has 2 fully saturated rings. The van der Waals surface area contributed by atoms with E-state index in [-0.39, 0.29) is 28.9 Å². The molecule has 0 aromatic carbocycles. The van der Waals surface area contributed by atoms with Gasteiger partial charge in [0.2, 0.25) is 0 Å². The van der Waals surface area contributed by atoms with Crippen LogP contribution in [0.3, 0.4) is 0 Å². The number of quaternary nitrogens is 1. The molecular formula is C12H20BrNO2. The van der Waals surface area contributed by atoms with Crippen LogP contribution >= 0.6 is 0 Å². The molecule has 2 aliphatic rings. The molecule has 0 saturated carbocycles. The van der Waals surface area contributed by atoms with E-state index in [4.69, 9.17) is 4.74 Å². The van der Waals surface area contributed by atoms with Gasteiger partial charge in [0.05, 0.1) is 32.7 Å². The van der Waals surface area contributed by atoms with Crippen molar-refractivity contribution in [3.63, 3.8) is 0 Å². The van der Waals surface area contributed by atoms with Crippen molar-refractivity contribution >= 4 is 5.97 Å². The third kappa shape index (κ3) is 2.33. The van der Waals surface area contributed by atoms with E-state index in [1.54, 1.807) is 0 Å². The van der Waals surface area contributed by atoms with Gasteiger partial charge in [-0.3, -0.25) is 4.79 Å². The van der Waals surface area contributed by atoms with Crippen molar-refractivity contribution < 1.29 is 31.0 Å². The SMILES string of the molecule is C=C1C[N+]2(C)CCC(C(=O)OCC)C1C2.[Br-]. The number of halogens is 1. The molecule has 0 aromatic heterocycles. The second kappa shape index (κ2) is 4.88. The number of esters is 1. The predicted molar refractivity (Wildman–Crippen MR) is 58.2 cm³/mol. The number of carbonyl (C=O) groups excluding carboxylic acids is 1. The molecule has 0 aliphatic carbocycles. The van der Waals surface area contributed by atoms with Crippen LogP contribution in [0.25, 0.3) is 0 Å². The molecule has 0 aromatic rings. The van der Waals surface area contributed by atoms with E-state index in [2.05, 4.69) is 13.6 Å². The lowest BCUT2D eigenvalue weighted by Crippen LogP contribution is -3.00. The van der Waals surface area contributed by atoms with Gasteiger partial charge in [0, 0.05) is 12.3 Å². The minimum absolute atomic E-state index is 0. The lowest BCUT2D eigenvalue weighted by molar-refractivity contribution is -0.901. The van der Waals surface area contributed by atoms with Crippen LogP contribution in [-0.4, -0.2) is 43.7 Å². The number of nitrogens with zero attached hydrogens (tertiary/aromatic N) is 1. The number of fused-ring (bicyclic) bond motifs is 2. The van der Waals surface area contributed by atoms with Gasteiger partial charge in [-0.2, -0.15) is 0 Å². The third-order valence-electron chi connectivity index (χ3n) is 3.80. The molecule has 0 spiro atoms. The maximum absolute atomic E-state index is 11.8. The third-order valence-corrected chi connectivity index (χ3v) is 3.80. The van der Waals surface area contributed by atoms with E-state index in [1.165, 1.54) is 5.57 Å². The van der Waals surface area contributed by atoms with Crippen LogP contribution in [0.4, 0.5) is 0 Å². The van der Waals surface area contributed by atoms with Gasteiger partial charge in [0.15, 0.2) is 0 Å². The van der Waals surface area contributed by atoms with Crippen LogP contribution in [0.15, 0.2) is 12.2 Å². The van der Waals surface area contributed by atoms with E-state index in [1.807, 2.05) is 6.92 Å². The number of carbonyl (C=O) groups is 1. The number of rotatable bonds is 2. The summed E-state index contributed by atoms with van der Waals surface area (Å²) >= 11 is 0. The van der Waals surface area contributed by atoms with E-state index >= 15 is 0 Å². The van der Waals surface area contributed by atoms with Crippen molar-refractivity contribution in [2.24, 2.45) is 11.8 Å². The van der Waals surface area contributed by atoms with Gasteiger partial charge < -0.3 is 26.2 Å². The van der Waals surface area contributed by atoms with Crippen LogP contribution in [0.1, 0.15) is 13.3 Å². The fourth-order valence-corrected chi connectivity index (χ4v) is 3.04. The van der Waals surface area contributed by atoms with Gasteiger partial charge >= 0.3 is 5.97 Å². The summed E-state index contributed by atoms with van der Waals surface area (Å²) in [6.07, 6.45) is 0.957. The number of likely N-dealkylation sites (N-methyl/N-ethyl adjacent to an activating group) is 1. The lowest BCUT2D eigenvalue weighted by Gasteiger charge is -2.35. The van der Waals surface area contributed by atoms with Crippen molar-refractivity contribution in [1.29, 1.82) is 0 Å². The van der Waals surface area contributed by atoms with Gasteiger partial charge in [-0.15, -0.1) is 0 Å². The molecule has 3 atom stereocenters. The number of ether oxygens (including phenoxy) is 1. The first-order valence-corrected chi connectivity index (χ1v) is 5.73. The van der Waals surface area contributed by atoms with Crippen molar-refractivity contribution in [2.75, 3.05) is 33.3 Å². The Bertz CT molecular complexity index is 305. The second-order valence-corrected chi connectivity index (χ2v) is 5.10. The molecular weight excluding hydrogens is 270 g/mol. The highest BCUT2D eigenvalue weighted by molar-refractivity contribution is 5.73. The first-order chi connectivity index (χ1) is 7.06. The van der Waals surface area contributed by atoms with Gasteiger partial charge in [-0.1, -0.05) is 6.58 Å². The topological polar surface area (TPSA) is 26.3 Å². The Morgan fingerprint density at radius 3 is 2.94 bits per heavy atom. The molecule has 16 heavy (non-hydrogen) atoms. The molecule has 2 rings (SSSR count). The van der Waals surface area contributed by atoms with E-state index in [0.29, 0.717) is 12.5 Å². The summed E-state index contributed by atoms with van der Waals surface area (Å²) in [5.74, 6) is 0.422. The highest BCUT2D eigenvalue weighted by atomic mass is 79.9. The molecule has 2 heterocycles. The molecule has 4 heteroatoms. The van der Waals surface area contributed by atoms with Gasteiger partial charge in [-0.05, 0) is 12.5 Å². The summed E-state index contributed by atoms with van der Waals surface area (Å²) in [6.45, 7) is 9.66. The minimum atomic E-state index is -0.0169. The average Bonchev–Trinajstić information content (AvgIpc) is 2.38. The summed E-state index contributed by atoms with van der Waals surface area (Å²) in [6, 6.07) is 0. The Morgan fingerprint density at radius 1 is 1.62 bits per heavy atom. The molecule has 2 saturated heterocycles. The van der Waals surface area contributed by atoms with Gasteiger partial charge in [0.25, 0.3) is 0 Å². The number of piperidine rings is 1. The molecule has 3 unspecified atom stereocenters. The summed E-state index contributed by atoms with van der Waals surface area (Å²) in [7, 11) is 2.26. The number of hydrogen-bond donors (Lipinski definition) is 0. The lowest BCUT2D eigenvalue weighted by atomic mass is 9.84. The van der Waals surface area contributed by atoms with Crippen molar-refractivity contribution in [2.45, 2.75) is 13.3 Å². The first-order valence-electron chi connectivity index (χ1n) is 5.73. The Hall–Kier alpha value is -0.350. The van der Waals surface area contributed by atoms with Gasteiger partial charge in [-0.25, -0.2) is 0 Å². The maximum Gasteiger partial charge on any atom is 0.309 e. The Labute approximate surface area is 108 Å². The Balaban J connectivity index is 0.00000128. The zero-order chi connectivity index (χ0) is 11.1. The highest BCUT2D eigenvalue weighted by Crippen LogP contribution is 2.39. The molecule has 2 aliphatic heterocycles. The standard InChI is InChI=1S/C12H20NO2.BrH/c1-4-15-12(14)10-5-6-13(3)7-9(2)11(10)8-13;/h10-11H,2,4-8H2,1,3H3;1H/q+1;/p-1. The summed E-state index contributed by atoms with van der Waals surface area (Å²) < 4.78 is 6.20. The zero-order valence-electron chi connectivity index (χ0n) is 10.0. The summed E-state index contributed by atoms with van der Waals surface area (Å²) in [5, 5.41) is 0. The van der Waals surface area contributed by atoms with Crippen LogP contribution in [0.5, 0.6) is 0 Å². The van der Waals surface area contributed by atoms with Crippen molar-refractivity contribution in [1.82, 2.24) is 0 Å². The van der Waals surface area contributed by atoms with E-state index < -0.39 is 0 Å². The smallest absolute Gasteiger partial charge is 0.309 e. The normalized spacial score (nSPS) is 36.8. The van der Waals surface area contributed by atoms with Crippen LogP contribution in [0.2, 0.25) is 0 Å². The fraction of sp³-hybridized carbons (Fsp3) is 0.750. The predicted octanol–water partition coefficient (Wildman–Crippen LogP) is -1.79. The average molecular weight is 290 g/mol. The highest BCUT2D eigenvalue weighted by Gasteiger charge is 2.49. The van der Waals surface area contributed by atoms with Crippen molar-refractivity contribution in [3.8, 4) is 0 Å². The summed E-state index contributed by atoms with van der Waals surface area (Å²) in [4.78, 5) is 11.8.